The van der Waals surface area contributed by atoms with Crippen LogP contribution in [0.5, 0.6) is 0 Å². The Morgan fingerprint density at radius 1 is 1.64 bits per heavy atom. The number of hydrogen-bond acceptors (Lipinski definition) is 3. The fourth-order valence-electron chi connectivity index (χ4n) is 1.26. The molecule has 0 spiro atoms. The molecule has 0 aliphatic rings. The lowest BCUT2D eigenvalue weighted by molar-refractivity contribution is 0.0990. The van der Waals surface area contributed by atoms with Gasteiger partial charge in [0.05, 0.1) is 5.39 Å². The van der Waals surface area contributed by atoms with Crippen molar-refractivity contribution in [1.82, 2.24) is 14.5 Å². The molecule has 1 amide bonds. The largest absolute Gasteiger partial charge is 0.363 e. The second-order valence-corrected chi connectivity index (χ2v) is 2.94. The van der Waals surface area contributed by atoms with Crippen LogP contribution < -0.4 is 11.3 Å². The van der Waals surface area contributed by atoms with E-state index in [-0.39, 0.29) is 11.4 Å². The third-order valence-electron chi connectivity index (χ3n) is 1.97. The first-order valence-electron chi connectivity index (χ1n) is 3.95. The predicted molar refractivity (Wildman–Crippen MR) is 49.9 cm³/mol. The summed E-state index contributed by atoms with van der Waals surface area (Å²) >= 11 is 0. The molecule has 3 N–H and O–H groups in total. The molecule has 0 aliphatic heterocycles. The van der Waals surface area contributed by atoms with Crippen LogP contribution in [-0.4, -0.2) is 20.4 Å². The fourth-order valence-corrected chi connectivity index (χ4v) is 1.26. The Morgan fingerprint density at radius 3 is 3.00 bits per heavy atom. The molecule has 6 heteroatoms. The summed E-state index contributed by atoms with van der Waals surface area (Å²) in [5.74, 6) is -0.866. The Bertz CT molecular complexity index is 566. The number of fused-ring (bicyclic) bond motifs is 1. The van der Waals surface area contributed by atoms with Gasteiger partial charge in [-0.2, -0.15) is 0 Å². The summed E-state index contributed by atoms with van der Waals surface area (Å²) in [5, 5.41) is 0.442. The van der Waals surface area contributed by atoms with Crippen molar-refractivity contribution in [3.8, 4) is 0 Å². The van der Waals surface area contributed by atoms with Gasteiger partial charge in [0.25, 0.3) is 11.5 Å². The molecule has 6 nitrogen and oxygen atoms in total. The highest BCUT2D eigenvalue weighted by Gasteiger charge is 2.09. The van der Waals surface area contributed by atoms with Crippen molar-refractivity contribution >= 4 is 16.9 Å². The van der Waals surface area contributed by atoms with Gasteiger partial charge < -0.3 is 15.3 Å². The zero-order chi connectivity index (χ0) is 10.3. The van der Waals surface area contributed by atoms with E-state index in [1.54, 1.807) is 23.9 Å². The van der Waals surface area contributed by atoms with E-state index >= 15 is 0 Å². The number of aromatic nitrogens is 3. The Labute approximate surface area is 78.4 Å². The van der Waals surface area contributed by atoms with Crippen LogP contribution in [0.15, 0.2) is 17.1 Å². The average molecular weight is 192 g/mol. The van der Waals surface area contributed by atoms with Gasteiger partial charge in [0.15, 0.2) is 0 Å². The number of carbonyl (C=O) groups is 1. The van der Waals surface area contributed by atoms with E-state index in [9.17, 15) is 9.59 Å². The molecule has 0 aliphatic carbocycles. The molecule has 2 aromatic heterocycles. The Morgan fingerprint density at radius 2 is 2.36 bits per heavy atom. The van der Waals surface area contributed by atoms with E-state index in [1.165, 1.54) is 0 Å². The SMILES string of the molecule is Cn1ccc2c(=O)[nH]c(C(N)=O)nc21. The molecule has 72 valence electrons. The van der Waals surface area contributed by atoms with Crippen molar-refractivity contribution in [3.63, 3.8) is 0 Å². The molecule has 0 unspecified atom stereocenters. The number of primary amides is 1. The maximum atomic E-state index is 11.4. The smallest absolute Gasteiger partial charge is 0.284 e. The van der Waals surface area contributed by atoms with Gasteiger partial charge in [-0.05, 0) is 6.07 Å². The summed E-state index contributed by atoms with van der Waals surface area (Å²) in [4.78, 5) is 28.4. The molecule has 2 aromatic rings. The summed E-state index contributed by atoms with van der Waals surface area (Å²) in [6, 6.07) is 1.63. The lowest BCUT2D eigenvalue weighted by Gasteiger charge is -1.97. The van der Waals surface area contributed by atoms with Gasteiger partial charge in [0.2, 0.25) is 5.82 Å². The van der Waals surface area contributed by atoms with Gasteiger partial charge in [-0.25, -0.2) is 4.98 Å². The number of aromatic amines is 1. The van der Waals surface area contributed by atoms with Crippen LogP contribution in [-0.2, 0) is 7.05 Å². The van der Waals surface area contributed by atoms with E-state index in [2.05, 4.69) is 9.97 Å². The first-order chi connectivity index (χ1) is 6.59. The third kappa shape index (κ3) is 1.08. The number of rotatable bonds is 1. The number of carbonyl (C=O) groups excluding carboxylic acids is 1. The predicted octanol–water partition coefficient (Wildman–Crippen LogP) is -0.639. The quantitative estimate of drug-likeness (QED) is 0.629. The summed E-state index contributed by atoms with van der Waals surface area (Å²) in [6.07, 6.45) is 1.69. The second-order valence-electron chi connectivity index (χ2n) is 2.94. The van der Waals surface area contributed by atoms with Crippen molar-refractivity contribution in [2.45, 2.75) is 0 Å². The van der Waals surface area contributed by atoms with E-state index < -0.39 is 5.91 Å². The zero-order valence-electron chi connectivity index (χ0n) is 7.44. The van der Waals surface area contributed by atoms with E-state index in [4.69, 9.17) is 5.73 Å². The lowest BCUT2D eigenvalue weighted by Crippen LogP contribution is -2.21. The van der Waals surface area contributed by atoms with Gasteiger partial charge in [-0.3, -0.25) is 9.59 Å². The number of H-pyrrole nitrogens is 1. The molecule has 0 fully saturated rings. The third-order valence-corrected chi connectivity index (χ3v) is 1.97. The fraction of sp³-hybridized carbons (Fsp3) is 0.125. The summed E-state index contributed by atoms with van der Waals surface area (Å²) in [6.45, 7) is 0. The topological polar surface area (TPSA) is 93.8 Å². The number of nitrogens with zero attached hydrogens (tertiary/aromatic N) is 2. The molecule has 14 heavy (non-hydrogen) atoms. The number of nitrogens with one attached hydrogen (secondary N) is 1. The van der Waals surface area contributed by atoms with Crippen LogP contribution in [0.2, 0.25) is 0 Å². The van der Waals surface area contributed by atoms with Gasteiger partial charge in [-0.15, -0.1) is 0 Å². The molecule has 0 saturated heterocycles. The van der Waals surface area contributed by atoms with Crippen molar-refractivity contribution in [3.05, 3.63) is 28.4 Å². The number of nitrogens with two attached hydrogens (primary N) is 1. The number of amides is 1. The number of hydrogen-bond donors (Lipinski definition) is 2. The molecular weight excluding hydrogens is 184 g/mol. The molecule has 0 atom stereocenters. The van der Waals surface area contributed by atoms with Crippen molar-refractivity contribution in [1.29, 1.82) is 0 Å². The molecule has 2 heterocycles. The zero-order valence-corrected chi connectivity index (χ0v) is 7.44. The highest BCUT2D eigenvalue weighted by Crippen LogP contribution is 2.06. The second kappa shape index (κ2) is 2.69. The minimum absolute atomic E-state index is 0.121. The lowest BCUT2D eigenvalue weighted by atomic mass is 10.4. The van der Waals surface area contributed by atoms with Gasteiger partial charge in [0.1, 0.15) is 5.65 Å². The molecular formula is C8H8N4O2. The first kappa shape index (κ1) is 8.49. The first-order valence-corrected chi connectivity index (χ1v) is 3.95. The van der Waals surface area contributed by atoms with E-state index in [1.807, 2.05) is 0 Å². The maximum absolute atomic E-state index is 11.4. The minimum atomic E-state index is -0.745. The van der Waals surface area contributed by atoms with Crippen LogP contribution in [0.4, 0.5) is 0 Å². The number of aryl methyl sites for hydroxylation is 1. The highest BCUT2D eigenvalue weighted by molar-refractivity contribution is 5.90. The van der Waals surface area contributed by atoms with Crippen molar-refractivity contribution in [2.24, 2.45) is 12.8 Å². The highest BCUT2D eigenvalue weighted by atomic mass is 16.2. The minimum Gasteiger partial charge on any atom is -0.363 e. The summed E-state index contributed by atoms with van der Waals surface area (Å²) < 4.78 is 1.65. The van der Waals surface area contributed by atoms with Crippen LogP contribution in [0.3, 0.4) is 0 Å². The van der Waals surface area contributed by atoms with Gasteiger partial charge in [0, 0.05) is 13.2 Å². The average Bonchev–Trinajstić information content (AvgIpc) is 2.48. The van der Waals surface area contributed by atoms with Crippen LogP contribution in [0.25, 0.3) is 11.0 Å². The van der Waals surface area contributed by atoms with Crippen LogP contribution in [0, 0.1) is 0 Å². The van der Waals surface area contributed by atoms with Gasteiger partial charge in [-0.1, -0.05) is 0 Å². The van der Waals surface area contributed by atoms with Crippen molar-refractivity contribution in [2.75, 3.05) is 0 Å². The van der Waals surface area contributed by atoms with Crippen LogP contribution in [0.1, 0.15) is 10.6 Å². The molecule has 0 saturated carbocycles. The summed E-state index contributed by atoms with van der Waals surface area (Å²) in [7, 11) is 1.74. The Hall–Kier alpha value is -2.11. The van der Waals surface area contributed by atoms with Gasteiger partial charge >= 0.3 is 0 Å². The van der Waals surface area contributed by atoms with Crippen molar-refractivity contribution < 1.29 is 4.79 Å². The van der Waals surface area contributed by atoms with E-state index in [0.717, 1.165) is 0 Å². The summed E-state index contributed by atoms with van der Waals surface area (Å²) in [5.41, 5.74) is 5.10. The monoisotopic (exact) mass is 192 g/mol. The molecule has 0 aromatic carbocycles. The standard InChI is InChI=1S/C8H8N4O2/c1-12-3-2-4-7(12)10-6(5(9)13)11-8(4)14/h2-3H,1H3,(H2,9,13)(H,10,11,14). The molecule has 0 bridgehead atoms. The van der Waals surface area contributed by atoms with E-state index in [0.29, 0.717) is 11.0 Å². The normalized spacial score (nSPS) is 10.6. The maximum Gasteiger partial charge on any atom is 0.284 e. The Balaban J connectivity index is 2.89. The molecule has 0 radical (unpaired) electrons. The van der Waals surface area contributed by atoms with Crippen LogP contribution >= 0.6 is 0 Å². The Kier molecular flexibility index (Phi) is 1.63. The molecule has 2 rings (SSSR count).